The Bertz CT molecular complexity index is 298. The summed E-state index contributed by atoms with van der Waals surface area (Å²) >= 11 is 0. The molecular weight excluding hydrogens is 222 g/mol. The van der Waals surface area contributed by atoms with E-state index in [1.54, 1.807) is 0 Å². The van der Waals surface area contributed by atoms with Gasteiger partial charge in [0.05, 0.1) is 6.42 Å². The van der Waals surface area contributed by atoms with E-state index in [9.17, 15) is 14.4 Å². The van der Waals surface area contributed by atoms with Crippen LogP contribution in [-0.2, 0) is 19.2 Å². The number of imide groups is 1. The molecule has 2 amide bonds. The maximum absolute atomic E-state index is 11.6. The summed E-state index contributed by atoms with van der Waals surface area (Å²) in [5, 5.41) is 0.612. The van der Waals surface area contributed by atoms with Crippen molar-refractivity contribution in [2.75, 3.05) is 0 Å². The van der Waals surface area contributed by atoms with Gasteiger partial charge in [0, 0.05) is 12.8 Å². The molecule has 5 nitrogen and oxygen atoms in total. The van der Waals surface area contributed by atoms with Crippen molar-refractivity contribution in [3.05, 3.63) is 0 Å². The summed E-state index contributed by atoms with van der Waals surface area (Å²) in [5.41, 5.74) is 0. The van der Waals surface area contributed by atoms with Gasteiger partial charge in [-0.25, -0.2) is 4.79 Å². The first-order chi connectivity index (χ1) is 8.08. The Morgan fingerprint density at radius 1 is 1.29 bits per heavy atom. The number of hydrogen-bond acceptors (Lipinski definition) is 4. The van der Waals surface area contributed by atoms with Crippen molar-refractivity contribution in [2.45, 2.75) is 52.4 Å². The highest BCUT2D eigenvalue weighted by Gasteiger charge is 2.33. The fourth-order valence-corrected chi connectivity index (χ4v) is 1.89. The predicted octanol–water partition coefficient (Wildman–Crippen LogP) is 1.81. The van der Waals surface area contributed by atoms with Gasteiger partial charge in [-0.05, 0) is 5.92 Å². The lowest BCUT2D eigenvalue weighted by atomic mass is 9.97. The smallest absolute Gasteiger partial charge is 0.330 e. The molecule has 0 aliphatic carbocycles. The van der Waals surface area contributed by atoms with E-state index in [2.05, 4.69) is 6.92 Å². The summed E-state index contributed by atoms with van der Waals surface area (Å²) in [6.07, 6.45) is 3.39. The van der Waals surface area contributed by atoms with Crippen LogP contribution in [0.2, 0.25) is 0 Å². The van der Waals surface area contributed by atoms with Crippen molar-refractivity contribution in [1.82, 2.24) is 5.06 Å². The van der Waals surface area contributed by atoms with Crippen molar-refractivity contribution in [1.29, 1.82) is 0 Å². The van der Waals surface area contributed by atoms with Gasteiger partial charge >= 0.3 is 5.97 Å². The van der Waals surface area contributed by atoms with E-state index in [0.29, 0.717) is 5.06 Å². The maximum atomic E-state index is 11.6. The third kappa shape index (κ3) is 3.84. The summed E-state index contributed by atoms with van der Waals surface area (Å²) in [4.78, 5) is 38.8. The molecule has 1 fully saturated rings. The standard InChI is InChI=1S/C12H19NO4/c1-3-5-9(4-2)8-12(16)17-13-10(14)6-7-11(13)15/h9H,3-8H2,1-2H3. The zero-order chi connectivity index (χ0) is 12.8. The van der Waals surface area contributed by atoms with E-state index in [1.807, 2.05) is 6.92 Å². The zero-order valence-electron chi connectivity index (χ0n) is 10.4. The highest BCUT2D eigenvalue weighted by atomic mass is 16.7. The van der Waals surface area contributed by atoms with Crippen molar-refractivity contribution >= 4 is 17.8 Å². The lowest BCUT2D eigenvalue weighted by molar-refractivity contribution is -0.198. The Kier molecular flexibility index (Phi) is 5.12. The minimum Gasteiger partial charge on any atom is -0.330 e. The highest BCUT2D eigenvalue weighted by molar-refractivity contribution is 6.01. The first kappa shape index (κ1) is 13.7. The van der Waals surface area contributed by atoms with Crippen LogP contribution in [-0.4, -0.2) is 22.8 Å². The van der Waals surface area contributed by atoms with Gasteiger partial charge in [0.25, 0.3) is 11.8 Å². The summed E-state index contributed by atoms with van der Waals surface area (Å²) in [6.45, 7) is 4.07. The fourth-order valence-electron chi connectivity index (χ4n) is 1.89. The van der Waals surface area contributed by atoms with Crippen molar-refractivity contribution in [3.8, 4) is 0 Å². The summed E-state index contributed by atoms with van der Waals surface area (Å²) in [6, 6.07) is 0. The van der Waals surface area contributed by atoms with E-state index >= 15 is 0 Å². The Labute approximate surface area is 101 Å². The maximum Gasteiger partial charge on any atom is 0.333 e. The predicted molar refractivity (Wildman–Crippen MR) is 60.5 cm³/mol. The van der Waals surface area contributed by atoms with Crippen LogP contribution >= 0.6 is 0 Å². The van der Waals surface area contributed by atoms with Gasteiger partial charge in [0.2, 0.25) is 0 Å². The molecule has 0 bridgehead atoms. The Morgan fingerprint density at radius 2 is 1.88 bits per heavy atom. The molecule has 1 heterocycles. The topological polar surface area (TPSA) is 63.7 Å². The van der Waals surface area contributed by atoms with Gasteiger partial charge in [-0.1, -0.05) is 33.1 Å². The second kappa shape index (κ2) is 6.37. The molecule has 0 N–H and O–H groups in total. The van der Waals surface area contributed by atoms with Gasteiger partial charge in [0.1, 0.15) is 0 Å². The Morgan fingerprint density at radius 3 is 2.35 bits per heavy atom. The normalized spacial score (nSPS) is 17.4. The van der Waals surface area contributed by atoms with E-state index < -0.39 is 17.8 Å². The molecule has 96 valence electrons. The minimum absolute atomic E-state index is 0.137. The van der Waals surface area contributed by atoms with Crippen LogP contribution in [0.5, 0.6) is 0 Å². The van der Waals surface area contributed by atoms with Crippen LogP contribution in [0.3, 0.4) is 0 Å². The van der Waals surface area contributed by atoms with Gasteiger partial charge < -0.3 is 4.84 Å². The Balaban J connectivity index is 2.43. The number of rotatable bonds is 6. The first-order valence-corrected chi connectivity index (χ1v) is 6.15. The van der Waals surface area contributed by atoms with Gasteiger partial charge in [-0.15, -0.1) is 5.06 Å². The lowest BCUT2D eigenvalue weighted by Gasteiger charge is -2.16. The molecule has 17 heavy (non-hydrogen) atoms. The lowest BCUT2D eigenvalue weighted by Crippen LogP contribution is -2.32. The number of hydrogen-bond donors (Lipinski definition) is 0. The van der Waals surface area contributed by atoms with E-state index in [4.69, 9.17) is 4.84 Å². The molecule has 5 heteroatoms. The van der Waals surface area contributed by atoms with Crippen molar-refractivity contribution < 1.29 is 19.2 Å². The average Bonchev–Trinajstić information content (AvgIpc) is 2.60. The fraction of sp³-hybridized carbons (Fsp3) is 0.750. The number of amides is 2. The van der Waals surface area contributed by atoms with Gasteiger partial charge in [0.15, 0.2) is 0 Å². The highest BCUT2D eigenvalue weighted by Crippen LogP contribution is 2.18. The van der Waals surface area contributed by atoms with Crippen LogP contribution in [0.4, 0.5) is 0 Å². The molecule has 1 rings (SSSR count). The summed E-state index contributed by atoms with van der Waals surface area (Å²) in [5.74, 6) is -1.08. The molecule has 1 aliphatic heterocycles. The van der Waals surface area contributed by atoms with E-state index in [1.165, 1.54) is 0 Å². The second-order valence-corrected chi connectivity index (χ2v) is 4.31. The molecule has 0 spiro atoms. The zero-order valence-corrected chi connectivity index (χ0v) is 10.4. The molecule has 1 saturated heterocycles. The molecule has 1 aliphatic rings. The summed E-state index contributed by atoms with van der Waals surface area (Å²) in [7, 11) is 0. The number of carbonyl (C=O) groups excluding carboxylic acids is 3. The van der Waals surface area contributed by atoms with E-state index in [0.717, 1.165) is 19.3 Å². The summed E-state index contributed by atoms with van der Waals surface area (Å²) < 4.78 is 0. The molecule has 0 aromatic rings. The van der Waals surface area contributed by atoms with Crippen LogP contribution < -0.4 is 0 Å². The van der Waals surface area contributed by atoms with Crippen LogP contribution in [0.1, 0.15) is 52.4 Å². The monoisotopic (exact) mass is 241 g/mol. The van der Waals surface area contributed by atoms with Crippen LogP contribution in [0.15, 0.2) is 0 Å². The second-order valence-electron chi connectivity index (χ2n) is 4.31. The molecule has 1 atom stereocenters. The quantitative estimate of drug-likeness (QED) is 0.665. The SMILES string of the molecule is CCCC(CC)CC(=O)ON1C(=O)CCC1=O. The largest absolute Gasteiger partial charge is 0.333 e. The molecule has 0 aromatic heterocycles. The third-order valence-electron chi connectivity index (χ3n) is 2.93. The third-order valence-corrected chi connectivity index (χ3v) is 2.93. The molecule has 0 radical (unpaired) electrons. The van der Waals surface area contributed by atoms with E-state index in [-0.39, 0.29) is 25.2 Å². The Hall–Kier alpha value is -1.39. The van der Waals surface area contributed by atoms with Gasteiger partial charge in [-0.2, -0.15) is 0 Å². The molecule has 1 unspecified atom stereocenters. The van der Waals surface area contributed by atoms with Crippen LogP contribution in [0, 0.1) is 5.92 Å². The molecule has 0 saturated carbocycles. The molecular formula is C12H19NO4. The van der Waals surface area contributed by atoms with Crippen LogP contribution in [0.25, 0.3) is 0 Å². The number of nitrogens with zero attached hydrogens (tertiary/aromatic N) is 1. The van der Waals surface area contributed by atoms with Crippen molar-refractivity contribution in [2.24, 2.45) is 5.92 Å². The average molecular weight is 241 g/mol. The van der Waals surface area contributed by atoms with Crippen molar-refractivity contribution in [3.63, 3.8) is 0 Å². The molecule has 0 aromatic carbocycles. The van der Waals surface area contributed by atoms with Gasteiger partial charge in [-0.3, -0.25) is 9.59 Å². The number of carbonyl (C=O) groups is 3. The minimum atomic E-state index is -0.492. The first-order valence-electron chi connectivity index (χ1n) is 6.15. The number of hydroxylamine groups is 2.